The van der Waals surface area contributed by atoms with Crippen LogP contribution in [-0.4, -0.2) is 67.5 Å². The fraction of sp³-hybridized carbons (Fsp3) is 0.636. The lowest BCUT2D eigenvalue weighted by molar-refractivity contribution is -0.128. The van der Waals surface area contributed by atoms with E-state index in [0.717, 1.165) is 0 Å². The minimum atomic E-state index is 0.0585. The van der Waals surface area contributed by atoms with Crippen molar-refractivity contribution in [3.05, 3.63) is 0 Å². The summed E-state index contributed by atoms with van der Waals surface area (Å²) in [5.74, 6) is 1.55. The number of aromatic nitrogens is 3. The maximum Gasteiger partial charge on any atom is 0.231 e. The van der Waals surface area contributed by atoms with Crippen LogP contribution in [0.1, 0.15) is 6.42 Å². The van der Waals surface area contributed by atoms with Crippen molar-refractivity contribution in [3.63, 3.8) is 0 Å². The number of anilines is 3. The highest BCUT2D eigenvalue weighted by Gasteiger charge is 2.08. The van der Waals surface area contributed by atoms with Gasteiger partial charge < -0.3 is 20.4 Å². The van der Waals surface area contributed by atoms with Gasteiger partial charge in [-0.1, -0.05) is 0 Å². The van der Waals surface area contributed by atoms with E-state index in [-0.39, 0.29) is 5.91 Å². The topological polar surface area (TPSA) is 86.3 Å². The van der Waals surface area contributed by atoms with Gasteiger partial charge in [-0.25, -0.2) is 0 Å². The number of nitrogens with one attached hydrogen (secondary N) is 2. The highest BCUT2D eigenvalue weighted by atomic mass is 16.2. The molecule has 0 atom stereocenters. The van der Waals surface area contributed by atoms with Crippen LogP contribution in [0.2, 0.25) is 0 Å². The van der Waals surface area contributed by atoms with Gasteiger partial charge in [-0.3, -0.25) is 4.79 Å². The number of rotatable bonds is 6. The van der Waals surface area contributed by atoms with Gasteiger partial charge in [0.2, 0.25) is 23.8 Å². The van der Waals surface area contributed by atoms with Crippen LogP contribution in [0.15, 0.2) is 0 Å². The summed E-state index contributed by atoms with van der Waals surface area (Å²) >= 11 is 0. The molecule has 1 amide bonds. The third-order valence-electron chi connectivity index (χ3n) is 2.37. The molecule has 0 bridgehead atoms. The van der Waals surface area contributed by atoms with Crippen molar-refractivity contribution >= 4 is 23.8 Å². The molecule has 0 spiro atoms. The molecule has 0 unspecified atom stereocenters. The van der Waals surface area contributed by atoms with Crippen molar-refractivity contribution in [2.75, 3.05) is 57.3 Å². The van der Waals surface area contributed by atoms with Crippen LogP contribution in [0.3, 0.4) is 0 Å². The zero-order valence-electron chi connectivity index (χ0n) is 12.1. The first-order valence-corrected chi connectivity index (χ1v) is 5.99. The Labute approximate surface area is 113 Å². The summed E-state index contributed by atoms with van der Waals surface area (Å²) in [6, 6.07) is 0. The van der Waals surface area contributed by atoms with E-state index in [4.69, 9.17) is 0 Å². The van der Waals surface area contributed by atoms with E-state index in [1.807, 2.05) is 14.1 Å². The third kappa shape index (κ3) is 4.57. The van der Waals surface area contributed by atoms with Crippen molar-refractivity contribution in [3.8, 4) is 0 Å². The van der Waals surface area contributed by atoms with Crippen molar-refractivity contribution < 1.29 is 4.79 Å². The molecule has 0 saturated carbocycles. The Morgan fingerprint density at radius 3 is 2.26 bits per heavy atom. The number of carbonyl (C=O) groups excluding carboxylic acids is 1. The average molecular weight is 267 g/mol. The van der Waals surface area contributed by atoms with Crippen molar-refractivity contribution in [1.29, 1.82) is 0 Å². The molecule has 1 aromatic rings. The van der Waals surface area contributed by atoms with Crippen molar-refractivity contribution in [2.24, 2.45) is 0 Å². The van der Waals surface area contributed by atoms with Crippen LogP contribution in [-0.2, 0) is 4.79 Å². The number of amides is 1. The van der Waals surface area contributed by atoms with Gasteiger partial charge in [-0.2, -0.15) is 15.0 Å². The van der Waals surface area contributed by atoms with Gasteiger partial charge in [-0.15, -0.1) is 0 Å². The van der Waals surface area contributed by atoms with Gasteiger partial charge >= 0.3 is 0 Å². The van der Waals surface area contributed by atoms with Crippen LogP contribution in [0.25, 0.3) is 0 Å². The Bertz CT molecular complexity index is 433. The predicted molar refractivity (Wildman–Crippen MR) is 75.5 cm³/mol. The molecule has 19 heavy (non-hydrogen) atoms. The van der Waals surface area contributed by atoms with Gasteiger partial charge in [0.1, 0.15) is 0 Å². The zero-order valence-corrected chi connectivity index (χ0v) is 12.1. The summed E-state index contributed by atoms with van der Waals surface area (Å²) in [5, 5.41) is 5.90. The highest BCUT2D eigenvalue weighted by molar-refractivity contribution is 5.76. The minimum absolute atomic E-state index is 0.0585. The van der Waals surface area contributed by atoms with Gasteiger partial charge in [0, 0.05) is 48.2 Å². The molecule has 0 aliphatic heterocycles. The molecule has 1 heterocycles. The number of hydrogen-bond donors (Lipinski definition) is 2. The predicted octanol–water partition coefficient (Wildman–Crippen LogP) is -0.130. The summed E-state index contributed by atoms with van der Waals surface area (Å²) in [4.78, 5) is 27.4. The summed E-state index contributed by atoms with van der Waals surface area (Å²) in [6.45, 7) is 0.483. The third-order valence-corrected chi connectivity index (χ3v) is 2.37. The van der Waals surface area contributed by atoms with E-state index in [1.165, 1.54) is 0 Å². The van der Waals surface area contributed by atoms with Crippen LogP contribution >= 0.6 is 0 Å². The van der Waals surface area contributed by atoms with E-state index in [0.29, 0.717) is 30.8 Å². The fourth-order valence-corrected chi connectivity index (χ4v) is 1.26. The summed E-state index contributed by atoms with van der Waals surface area (Å²) in [7, 11) is 8.92. The van der Waals surface area contributed by atoms with E-state index in [9.17, 15) is 4.79 Å². The van der Waals surface area contributed by atoms with E-state index >= 15 is 0 Å². The molecule has 8 heteroatoms. The zero-order chi connectivity index (χ0) is 14.4. The molecular formula is C11H21N7O. The molecular weight excluding hydrogens is 246 g/mol. The standard InChI is InChI=1S/C11H21N7O/c1-12-9-14-10(16-11(15-9)18(4)5)13-7-6-8(19)17(2)3/h6-7H2,1-5H3,(H2,12,13,14,15,16). The molecule has 106 valence electrons. The Balaban J connectivity index is 2.67. The van der Waals surface area contributed by atoms with E-state index in [2.05, 4.69) is 25.6 Å². The molecule has 0 saturated heterocycles. The molecule has 0 aliphatic rings. The SMILES string of the molecule is CNc1nc(NCCC(=O)N(C)C)nc(N(C)C)n1. The van der Waals surface area contributed by atoms with Crippen LogP contribution < -0.4 is 15.5 Å². The van der Waals surface area contributed by atoms with Crippen LogP contribution in [0.5, 0.6) is 0 Å². The first kappa shape index (κ1) is 14.9. The monoisotopic (exact) mass is 267 g/mol. The molecule has 0 aromatic carbocycles. The molecule has 2 N–H and O–H groups in total. The first-order chi connectivity index (χ1) is 8.93. The first-order valence-electron chi connectivity index (χ1n) is 5.99. The maximum absolute atomic E-state index is 11.4. The number of carbonyl (C=O) groups is 1. The smallest absolute Gasteiger partial charge is 0.231 e. The second-order valence-electron chi connectivity index (χ2n) is 4.39. The van der Waals surface area contributed by atoms with Crippen LogP contribution in [0, 0.1) is 0 Å². The normalized spacial score (nSPS) is 9.95. The van der Waals surface area contributed by atoms with Gasteiger partial charge in [-0.05, 0) is 0 Å². The number of nitrogens with zero attached hydrogens (tertiary/aromatic N) is 5. The molecule has 1 rings (SSSR count). The summed E-state index contributed by atoms with van der Waals surface area (Å²) in [6.07, 6.45) is 0.394. The second-order valence-corrected chi connectivity index (χ2v) is 4.39. The van der Waals surface area contributed by atoms with Gasteiger partial charge in [0.25, 0.3) is 0 Å². The van der Waals surface area contributed by atoms with E-state index in [1.54, 1.807) is 30.9 Å². The fourth-order valence-electron chi connectivity index (χ4n) is 1.26. The average Bonchev–Trinajstić information content (AvgIpc) is 2.37. The van der Waals surface area contributed by atoms with Crippen molar-refractivity contribution in [1.82, 2.24) is 19.9 Å². The number of hydrogen-bond acceptors (Lipinski definition) is 7. The van der Waals surface area contributed by atoms with Gasteiger partial charge in [0.15, 0.2) is 0 Å². The molecule has 1 aromatic heterocycles. The molecule has 0 radical (unpaired) electrons. The quantitative estimate of drug-likeness (QED) is 0.742. The van der Waals surface area contributed by atoms with Gasteiger partial charge in [0.05, 0.1) is 0 Å². The van der Waals surface area contributed by atoms with Crippen molar-refractivity contribution in [2.45, 2.75) is 6.42 Å². The molecule has 0 aliphatic carbocycles. The highest BCUT2D eigenvalue weighted by Crippen LogP contribution is 2.10. The Kier molecular flexibility index (Phi) is 5.28. The minimum Gasteiger partial charge on any atom is -0.357 e. The Morgan fingerprint density at radius 1 is 1.11 bits per heavy atom. The molecule has 8 nitrogen and oxygen atoms in total. The lowest BCUT2D eigenvalue weighted by atomic mass is 10.4. The van der Waals surface area contributed by atoms with Crippen LogP contribution in [0.4, 0.5) is 17.8 Å². The van der Waals surface area contributed by atoms with E-state index < -0.39 is 0 Å². The lowest BCUT2D eigenvalue weighted by Crippen LogP contribution is -2.24. The summed E-state index contributed by atoms with van der Waals surface area (Å²) in [5.41, 5.74) is 0. The second kappa shape index (κ2) is 6.72. The lowest BCUT2D eigenvalue weighted by Gasteiger charge is -2.14. The molecule has 0 fully saturated rings. The largest absolute Gasteiger partial charge is 0.357 e. The maximum atomic E-state index is 11.4. The Hall–Kier alpha value is -2.12. The Morgan fingerprint density at radius 2 is 1.74 bits per heavy atom. The summed E-state index contributed by atoms with van der Waals surface area (Å²) < 4.78 is 0.